The number of hydrogen-bond donors (Lipinski definition) is 1. The summed E-state index contributed by atoms with van der Waals surface area (Å²) in [6, 6.07) is 11.8. The van der Waals surface area contributed by atoms with Gasteiger partial charge in [-0.2, -0.15) is 0 Å². The van der Waals surface area contributed by atoms with Gasteiger partial charge in [0.15, 0.2) is 18.1 Å². The highest BCUT2D eigenvalue weighted by Gasteiger charge is 2.13. The first-order valence-electron chi connectivity index (χ1n) is 8.90. The highest BCUT2D eigenvalue weighted by molar-refractivity contribution is 5.80. The SMILES string of the molecule is COc1cccc(CCC(=O)OCC(=O)NCCc2ccccc2F)c1OC. The zero-order valence-electron chi connectivity index (χ0n) is 16.0. The van der Waals surface area contributed by atoms with E-state index in [1.54, 1.807) is 31.4 Å². The number of halogens is 1. The Kier molecular flexibility index (Phi) is 8.27. The molecule has 0 unspecified atom stereocenters. The van der Waals surface area contributed by atoms with Crippen LogP contribution in [0.15, 0.2) is 42.5 Å². The van der Waals surface area contributed by atoms with Gasteiger partial charge in [0.2, 0.25) is 0 Å². The Bertz CT molecular complexity index is 809. The van der Waals surface area contributed by atoms with E-state index in [1.165, 1.54) is 13.2 Å². The lowest BCUT2D eigenvalue weighted by Crippen LogP contribution is -2.30. The third-order valence-electron chi connectivity index (χ3n) is 4.12. The van der Waals surface area contributed by atoms with Gasteiger partial charge in [0, 0.05) is 13.0 Å². The molecule has 1 N–H and O–H groups in total. The molecule has 0 bridgehead atoms. The number of nitrogens with one attached hydrogen (secondary N) is 1. The summed E-state index contributed by atoms with van der Waals surface area (Å²) in [5.41, 5.74) is 1.33. The van der Waals surface area contributed by atoms with Crippen LogP contribution >= 0.6 is 0 Å². The van der Waals surface area contributed by atoms with E-state index < -0.39 is 11.9 Å². The Morgan fingerprint density at radius 3 is 2.43 bits per heavy atom. The lowest BCUT2D eigenvalue weighted by molar-refractivity contribution is -0.148. The summed E-state index contributed by atoms with van der Waals surface area (Å²) in [6.07, 6.45) is 0.863. The molecule has 0 aliphatic rings. The standard InChI is InChI=1S/C21H24FNO5/c1-26-18-9-5-7-16(21(18)27-2)10-11-20(25)28-14-19(24)23-13-12-15-6-3-4-8-17(15)22/h3-9H,10-14H2,1-2H3,(H,23,24). The molecule has 0 fully saturated rings. The quantitative estimate of drug-likeness (QED) is 0.633. The van der Waals surface area contributed by atoms with Crippen molar-refractivity contribution >= 4 is 11.9 Å². The number of amides is 1. The molecule has 7 heteroatoms. The number of carbonyl (C=O) groups is 2. The predicted molar refractivity (Wildman–Crippen MR) is 102 cm³/mol. The molecule has 1 amide bonds. The van der Waals surface area contributed by atoms with Crippen LogP contribution in [-0.4, -0.2) is 39.2 Å². The van der Waals surface area contributed by atoms with Gasteiger partial charge in [-0.3, -0.25) is 9.59 Å². The summed E-state index contributed by atoms with van der Waals surface area (Å²) in [7, 11) is 3.08. The van der Waals surface area contributed by atoms with Crippen LogP contribution in [0.25, 0.3) is 0 Å². The average molecular weight is 389 g/mol. The molecule has 0 aliphatic carbocycles. The van der Waals surface area contributed by atoms with E-state index in [1.807, 2.05) is 12.1 Å². The van der Waals surface area contributed by atoms with E-state index in [4.69, 9.17) is 14.2 Å². The fourth-order valence-electron chi connectivity index (χ4n) is 2.69. The Labute approximate surface area is 163 Å². The first-order valence-corrected chi connectivity index (χ1v) is 8.90. The molecule has 0 radical (unpaired) electrons. The molecule has 0 spiro atoms. The van der Waals surface area contributed by atoms with Crippen molar-refractivity contribution in [1.29, 1.82) is 0 Å². The summed E-state index contributed by atoms with van der Waals surface area (Å²) in [6.45, 7) is -0.107. The van der Waals surface area contributed by atoms with E-state index >= 15 is 0 Å². The molecule has 0 aromatic heterocycles. The molecule has 0 aliphatic heterocycles. The Balaban J connectivity index is 1.71. The van der Waals surface area contributed by atoms with Crippen LogP contribution in [0.1, 0.15) is 17.5 Å². The summed E-state index contributed by atoms with van der Waals surface area (Å²) in [5.74, 6) is -0.0693. The van der Waals surface area contributed by atoms with Crippen molar-refractivity contribution in [3.63, 3.8) is 0 Å². The van der Waals surface area contributed by atoms with Crippen LogP contribution in [0.4, 0.5) is 4.39 Å². The number of aryl methyl sites for hydroxylation is 1. The van der Waals surface area contributed by atoms with Gasteiger partial charge in [0.25, 0.3) is 5.91 Å². The Hall–Kier alpha value is -3.09. The van der Waals surface area contributed by atoms with Crippen LogP contribution in [0, 0.1) is 5.82 Å². The van der Waals surface area contributed by atoms with E-state index in [-0.39, 0.29) is 25.4 Å². The van der Waals surface area contributed by atoms with E-state index in [0.29, 0.717) is 29.9 Å². The maximum atomic E-state index is 13.5. The van der Waals surface area contributed by atoms with E-state index in [0.717, 1.165) is 5.56 Å². The fourth-order valence-corrected chi connectivity index (χ4v) is 2.69. The van der Waals surface area contributed by atoms with Crippen LogP contribution < -0.4 is 14.8 Å². The number of para-hydroxylation sites is 1. The van der Waals surface area contributed by atoms with Crippen molar-refractivity contribution < 1.29 is 28.2 Å². The maximum Gasteiger partial charge on any atom is 0.306 e. The number of ether oxygens (including phenoxy) is 3. The molecule has 2 rings (SSSR count). The first-order chi connectivity index (χ1) is 13.5. The number of esters is 1. The van der Waals surface area contributed by atoms with Crippen molar-refractivity contribution in [2.24, 2.45) is 0 Å². The second-order valence-electron chi connectivity index (χ2n) is 6.00. The van der Waals surface area contributed by atoms with E-state index in [2.05, 4.69) is 5.32 Å². The Morgan fingerprint density at radius 1 is 0.964 bits per heavy atom. The van der Waals surface area contributed by atoms with Gasteiger partial charge in [0.1, 0.15) is 5.82 Å². The van der Waals surface area contributed by atoms with Gasteiger partial charge in [0.05, 0.1) is 14.2 Å². The molecule has 2 aromatic carbocycles. The second-order valence-corrected chi connectivity index (χ2v) is 6.00. The van der Waals surface area contributed by atoms with Gasteiger partial charge < -0.3 is 19.5 Å². The van der Waals surface area contributed by atoms with Crippen LogP contribution in [0.3, 0.4) is 0 Å². The molecule has 150 valence electrons. The molecule has 2 aromatic rings. The molecule has 0 heterocycles. The number of benzene rings is 2. The third kappa shape index (κ3) is 6.26. The summed E-state index contributed by atoms with van der Waals surface area (Å²) in [4.78, 5) is 23.7. The van der Waals surface area contributed by atoms with Crippen LogP contribution in [0.2, 0.25) is 0 Å². The molecular formula is C21H24FNO5. The highest BCUT2D eigenvalue weighted by atomic mass is 19.1. The van der Waals surface area contributed by atoms with Gasteiger partial charge in [-0.25, -0.2) is 4.39 Å². The minimum atomic E-state index is -0.492. The molecule has 0 saturated carbocycles. The maximum absolute atomic E-state index is 13.5. The number of rotatable bonds is 10. The van der Waals surface area contributed by atoms with Crippen molar-refractivity contribution in [2.75, 3.05) is 27.4 Å². The van der Waals surface area contributed by atoms with Crippen molar-refractivity contribution in [2.45, 2.75) is 19.3 Å². The number of hydrogen-bond acceptors (Lipinski definition) is 5. The predicted octanol–water partition coefficient (Wildman–Crippen LogP) is 2.68. The van der Waals surface area contributed by atoms with Crippen molar-refractivity contribution in [3.8, 4) is 11.5 Å². The minimum absolute atomic E-state index is 0.103. The van der Waals surface area contributed by atoms with E-state index in [9.17, 15) is 14.0 Å². The highest BCUT2D eigenvalue weighted by Crippen LogP contribution is 2.31. The lowest BCUT2D eigenvalue weighted by Gasteiger charge is -2.12. The Morgan fingerprint density at radius 2 is 1.71 bits per heavy atom. The van der Waals surface area contributed by atoms with Gasteiger partial charge in [-0.05, 0) is 36.1 Å². The summed E-state index contributed by atoms with van der Waals surface area (Å²) in [5, 5.41) is 2.60. The van der Waals surface area contributed by atoms with Crippen LogP contribution in [0.5, 0.6) is 11.5 Å². The lowest BCUT2D eigenvalue weighted by atomic mass is 10.1. The van der Waals surface area contributed by atoms with Crippen LogP contribution in [-0.2, 0) is 27.2 Å². The zero-order valence-corrected chi connectivity index (χ0v) is 16.0. The minimum Gasteiger partial charge on any atom is -0.493 e. The van der Waals surface area contributed by atoms with Gasteiger partial charge in [-0.15, -0.1) is 0 Å². The molecule has 0 saturated heterocycles. The number of methoxy groups -OCH3 is 2. The molecule has 28 heavy (non-hydrogen) atoms. The topological polar surface area (TPSA) is 73.9 Å². The summed E-state index contributed by atoms with van der Waals surface area (Å²) < 4.78 is 29.0. The van der Waals surface area contributed by atoms with Gasteiger partial charge in [-0.1, -0.05) is 30.3 Å². The summed E-state index contributed by atoms with van der Waals surface area (Å²) >= 11 is 0. The molecule has 0 atom stereocenters. The fraction of sp³-hybridized carbons (Fsp3) is 0.333. The third-order valence-corrected chi connectivity index (χ3v) is 4.12. The molecule has 6 nitrogen and oxygen atoms in total. The van der Waals surface area contributed by atoms with Crippen molar-refractivity contribution in [1.82, 2.24) is 5.32 Å². The normalized spacial score (nSPS) is 10.2. The van der Waals surface area contributed by atoms with Crippen molar-refractivity contribution in [3.05, 3.63) is 59.4 Å². The zero-order chi connectivity index (χ0) is 20.4. The smallest absolute Gasteiger partial charge is 0.306 e. The monoisotopic (exact) mass is 389 g/mol. The largest absolute Gasteiger partial charge is 0.493 e. The first kappa shape index (κ1) is 21.2. The second kappa shape index (κ2) is 10.9. The molecular weight excluding hydrogens is 365 g/mol. The van der Waals surface area contributed by atoms with Gasteiger partial charge >= 0.3 is 5.97 Å². The number of carbonyl (C=O) groups excluding carboxylic acids is 2. The average Bonchev–Trinajstić information content (AvgIpc) is 2.71.